The second kappa shape index (κ2) is 11.0. The number of sulfonamides is 1. The summed E-state index contributed by atoms with van der Waals surface area (Å²) in [5.74, 6) is 1.58. The molecule has 1 aromatic heterocycles. The van der Waals surface area contributed by atoms with Gasteiger partial charge in [0.2, 0.25) is 15.9 Å². The third kappa shape index (κ3) is 5.59. The zero-order chi connectivity index (χ0) is 24.9. The third-order valence-corrected chi connectivity index (χ3v) is 7.98. The molecule has 1 amide bonds. The van der Waals surface area contributed by atoms with E-state index >= 15 is 0 Å². The molecule has 3 aromatic rings. The summed E-state index contributed by atoms with van der Waals surface area (Å²) < 4.78 is 34.5. The summed E-state index contributed by atoms with van der Waals surface area (Å²) in [4.78, 5) is 19.3. The van der Waals surface area contributed by atoms with Crippen molar-refractivity contribution in [3.05, 3.63) is 53.9 Å². The fourth-order valence-electron chi connectivity index (χ4n) is 3.96. The van der Waals surface area contributed by atoms with Gasteiger partial charge in [0, 0.05) is 46.6 Å². The van der Waals surface area contributed by atoms with E-state index in [2.05, 4.69) is 4.98 Å². The molecule has 0 spiro atoms. The Hall–Kier alpha value is -2.91. The molecule has 0 aliphatic heterocycles. The van der Waals surface area contributed by atoms with Crippen molar-refractivity contribution in [2.45, 2.75) is 45.1 Å². The highest BCUT2D eigenvalue weighted by atomic mass is 32.2. The molecule has 0 radical (unpaired) electrons. The largest absolute Gasteiger partial charge is 0.494 e. The van der Waals surface area contributed by atoms with Gasteiger partial charge in [-0.1, -0.05) is 26.0 Å². The normalized spacial score (nSPS) is 11.8. The van der Waals surface area contributed by atoms with Gasteiger partial charge in [-0.05, 0) is 42.8 Å². The minimum absolute atomic E-state index is 0.0192. The fourth-order valence-corrected chi connectivity index (χ4v) is 5.43. The Bertz CT molecular complexity index is 1230. The van der Waals surface area contributed by atoms with Crippen molar-refractivity contribution < 1.29 is 17.9 Å². The Morgan fingerprint density at radius 3 is 2.35 bits per heavy atom. The van der Waals surface area contributed by atoms with Gasteiger partial charge in [-0.25, -0.2) is 13.4 Å². The molecular formula is C25H34N4O4S. The summed E-state index contributed by atoms with van der Waals surface area (Å²) in [7, 11) is 0.122. The molecule has 0 aliphatic carbocycles. The van der Waals surface area contributed by atoms with E-state index in [9.17, 15) is 13.2 Å². The lowest BCUT2D eigenvalue weighted by Gasteiger charge is -2.18. The molecule has 34 heavy (non-hydrogen) atoms. The zero-order valence-electron chi connectivity index (χ0n) is 20.6. The summed E-state index contributed by atoms with van der Waals surface area (Å²) in [5, 5.41) is 0. The van der Waals surface area contributed by atoms with Crippen LogP contribution in [0.3, 0.4) is 0 Å². The second-order valence-electron chi connectivity index (χ2n) is 8.15. The monoisotopic (exact) mass is 486 g/mol. The Morgan fingerprint density at radius 1 is 1.06 bits per heavy atom. The number of hydrogen-bond acceptors (Lipinski definition) is 5. The van der Waals surface area contributed by atoms with Crippen LogP contribution in [0.25, 0.3) is 11.0 Å². The first-order valence-electron chi connectivity index (χ1n) is 11.6. The van der Waals surface area contributed by atoms with E-state index in [1.165, 1.54) is 4.31 Å². The van der Waals surface area contributed by atoms with E-state index in [0.717, 1.165) is 22.7 Å². The lowest BCUT2D eigenvalue weighted by atomic mass is 10.2. The number of carbonyl (C=O) groups excluding carboxylic acids is 1. The van der Waals surface area contributed by atoms with Gasteiger partial charge in [0.1, 0.15) is 11.6 Å². The molecule has 1 heterocycles. The number of hydrogen-bond donors (Lipinski definition) is 0. The molecule has 2 aromatic carbocycles. The minimum Gasteiger partial charge on any atom is -0.494 e. The van der Waals surface area contributed by atoms with Crippen molar-refractivity contribution in [2.24, 2.45) is 7.05 Å². The standard InChI is InChI=1S/C25H34N4O4S/c1-6-29(7-2)34(31,32)21-13-14-23-22(17-21)26-24(28(23)5)15-16-25(30)27(4)18-19-9-11-20(12-10-19)33-8-3/h9-14,17H,6-8,15-16,18H2,1-5H3. The number of nitrogens with zero attached hydrogens (tertiary/aromatic N) is 4. The molecule has 0 saturated carbocycles. The first-order valence-corrected chi connectivity index (χ1v) is 13.1. The zero-order valence-corrected chi connectivity index (χ0v) is 21.4. The highest BCUT2D eigenvalue weighted by molar-refractivity contribution is 7.89. The van der Waals surface area contributed by atoms with E-state index in [0.29, 0.717) is 44.6 Å². The minimum atomic E-state index is -3.55. The summed E-state index contributed by atoms with van der Waals surface area (Å²) in [5.41, 5.74) is 2.48. The Kier molecular flexibility index (Phi) is 8.33. The van der Waals surface area contributed by atoms with Crippen LogP contribution in [-0.2, 0) is 34.8 Å². The lowest BCUT2D eigenvalue weighted by Crippen LogP contribution is -2.30. The van der Waals surface area contributed by atoms with Gasteiger partial charge in [-0.2, -0.15) is 4.31 Å². The Labute approximate surface area is 202 Å². The number of aromatic nitrogens is 2. The van der Waals surface area contributed by atoms with Crippen LogP contribution < -0.4 is 4.74 Å². The highest BCUT2D eigenvalue weighted by Gasteiger charge is 2.23. The van der Waals surface area contributed by atoms with E-state index in [1.807, 2.05) is 56.7 Å². The quantitative estimate of drug-likeness (QED) is 0.414. The van der Waals surface area contributed by atoms with Gasteiger partial charge >= 0.3 is 0 Å². The van der Waals surface area contributed by atoms with E-state index in [4.69, 9.17) is 4.74 Å². The Balaban J connectivity index is 1.68. The van der Waals surface area contributed by atoms with Crippen LogP contribution in [-0.4, -0.2) is 59.8 Å². The SMILES string of the molecule is CCOc1ccc(CN(C)C(=O)CCc2nc3cc(S(=O)(=O)N(CC)CC)ccc3n2C)cc1. The van der Waals surface area contributed by atoms with E-state index in [1.54, 1.807) is 30.1 Å². The van der Waals surface area contributed by atoms with Crippen LogP contribution >= 0.6 is 0 Å². The van der Waals surface area contributed by atoms with Gasteiger partial charge in [0.25, 0.3) is 0 Å². The number of aryl methyl sites for hydroxylation is 2. The van der Waals surface area contributed by atoms with Crippen molar-refractivity contribution in [1.29, 1.82) is 0 Å². The number of rotatable bonds is 11. The predicted octanol–water partition coefficient (Wildman–Crippen LogP) is 3.59. The number of benzene rings is 2. The molecule has 0 bridgehead atoms. The first-order chi connectivity index (χ1) is 16.2. The topological polar surface area (TPSA) is 84.7 Å². The van der Waals surface area contributed by atoms with Crippen LogP contribution in [0.15, 0.2) is 47.4 Å². The first kappa shape index (κ1) is 25.7. The fraction of sp³-hybridized carbons (Fsp3) is 0.440. The second-order valence-corrected chi connectivity index (χ2v) is 10.1. The maximum absolute atomic E-state index is 12.9. The van der Waals surface area contributed by atoms with Gasteiger partial charge < -0.3 is 14.2 Å². The molecule has 0 unspecified atom stereocenters. The third-order valence-electron chi connectivity index (χ3n) is 5.93. The number of carbonyl (C=O) groups is 1. The maximum atomic E-state index is 12.9. The summed E-state index contributed by atoms with van der Waals surface area (Å²) in [6, 6.07) is 12.8. The van der Waals surface area contributed by atoms with Crippen LogP contribution in [0, 0.1) is 0 Å². The molecule has 8 nitrogen and oxygen atoms in total. The molecule has 0 fully saturated rings. The van der Waals surface area contributed by atoms with Crippen LogP contribution in [0.1, 0.15) is 38.6 Å². The number of fused-ring (bicyclic) bond motifs is 1. The molecule has 0 N–H and O–H groups in total. The van der Waals surface area contributed by atoms with Crippen molar-refractivity contribution in [3.8, 4) is 5.75 Å². The maximum Gasteiger partial charge on any atom is 0.243 e. The molecular weight excluding hydrogens is 452 g/mol. The summed E-state index contributed by atoms with van der Waals surface area (Å²) in [6.07, 6.45) is 0.783. The van der Waals surface area contributed by atoms with Crippen molar-refractivity contribution in [3.63, 3.8) is 0 Å². The van der Waals surface area contributed by atoms with Gasteiger partial charge in [-0.15, -0.1) is 0 Å². The average Bonchev–Trinajstić information content (AvgIpc) is 3.14. The molecule has 3 rings (SSSR count). The van der Waals surface area contributed by atoms with Gasteiger partial charge in [0.05, 0.1) is 22.5 Å². The number of amides is 1. The van der Waals surface area contributed by atoms with Crippen molar-refractivity contribution >= 4 is 27.0 Å². The van der Waals surface area contributed by atoms with Crippen LogP contribution in [0.5, 0.6) is 5.75 Å². The number of imidazole rings is 1. The van der Waals surface area contributed by atoms with Crippen LogP contribution in [0.2, 0.25) is 0 Å². The van der Waals surface area contributed by atoms with Crippen molar-refractivity contribution in [1.82, 2.24) is 18.8 Å². The van der Waals surface area contributed by atoms with Crippen LogP contribution in [0.4, 0.5) is 0 Å². The molecule has 0 atom stereocenters. The molecule has 184 valence electrons. The summed E-state index contributed by atoms with van der Waals surface area (Å²) in [6.45, 7) is 7.55. The predicted molar refractivity (Wildman–Crippen MR) is 133 cm³/mol. The molecule has 9 heteroatoms. The highest BCUT2D eigenvalue weighted by Crippen LogP contribution is 2.23. The van der Waals surface area contributed by atoms with E-state index in [-0.39, 0.29) is 10.8 Å². The number of ether oxygens (including phenoxy) is 1. The van der Waals surface area contributed by atoms with Gasteiger partial charge in [0.15, 0.2) is 0 Å². The van der Waals surface area contributed by atoms with Gasteiger partial charge in [-0.3, -0.25) is 4.79 Å². The lowest BCUT2D eigenvalue weighted by molar-refractivity contribution is -0.130. The summed E-state index contributed by atoms with van der Waals surface area (Å²) >= 11 is 0. The molecule has 0 saturated heterocycles. The van der Waals surface area contributed by atoms with E-state index < -0.39 is 10.0 Å². The molecule has 0 aliphatic rings. The smallest absolute Gasteiger partial charge is 0.243 e. The Morgan fingerprint density at radius 2 is 1.74 bits per heavy atom. The van der Waals surface area contributed by atoms with Crippen molar-refractivity contribution in [2.75, 3.05) is 26.7 Å². The average molecular weight is 487 g/mol.